The number of hydrogen-bond acceptors (Lipinski definition) is 7. The van der Waals surface area contributed by atoms with Gasteiger partial charge in [-0.2, -0.15) is 9.97 Å². The van der Waals surface area contributed by atoms with E-state index in [0.717, 1.165) is 81.1 Å². The minimum Gasteiger partial charge on any atom is -0.365 e. The van der Waals surface area contributed by atoms with Crippen molar-refractivity contribution in [2.75, 3.05) is 23.7 Å². The summed E-state index contributed by atoms with van der Waals surface area (Å²) in [5, 5.41) is 7.44. The van der Waals surface area contributed by atoms with E-state index in [2.05, 4.69) is 51.3 Å². The van der Waals surface area contributed by atoms with Crippen molar-refractivity contribution >= 4 is 22.9 Å². The molecule has 0 amide bonds. The molecule has 1 aliphatic heterocycles. The Morgan fingerprint density at radius 1 is 0.919 bits per heavy atom. The van der Waals surface area contributed by atoms with E-state index >= 15 is 0 Å². The van der Waals surface area contributed by atoms with Crippen LogP contribution < -0.4 is 16.4 Å². The molecule has 2 aliphatic carbocycles. The number of nitrogens with one attached hydrogen (secondary N) is 2. The van der Waals surface area contributed by atoms with Crippen LogP contribution in [0.1, 0.15) is 81.4 Å². The van der Waals surface area contributed by atoms with Gasteiger partial charge in [-0.25, -0.2) is 4.98 Å². The Balaban J connectivity index is 1.17. The van der Waals surface area contributed by atoms with E-state index in [1.165, 1.54) is 36.8 Å². The maximum Gasteiger partial charge on any atom is 0.227 e. The zero-order valence-corrected chi connectivity index (χ0v) is 22.2. The standard InChI is InChI=1S/C29H42N8/c1-20-5-4-6-21(17-20)18-36-15-13-24(14-16-36)33-29-34-27(32-23-11-9-22(30)10-12-23)26-28(35-29)37(19-31-26)25-7-2-3-8-25/h4-6,17,19,22-25H,2-3,7-16,18,30H2,1H3,(H2,32,33,34,35). The first kappa shape index (κ1) is 24.6. The van der Waals surface area contributed by atoms with Gasteiger partial charge in [0.15, 0.2) is 17.0 Å². The summed E-state index contributed by atoms with van der Waals surface area (Å²) in [5.41, 5.74) is 10.8. The Hall–Kier alpha value is -2.71. The zero-order valence-electron chi connectivity index (χ0n) is 22.2. The predicted octanol–water partition coefficient (Wildman–Crippen LogP) is 5.01. The Labute approximate surface area is 220 Å². The summed E-state index contributed by atoms with van der Waals surface area (Å²) in [5.74, 6) is 1.61. The number of aryl methyl sites for hydroxylation is 1. The molecule has 0 bridgehead atoms. The van der Waals surface area contributed by atoms with Gasteiger partial charge >= 0.3 is 0 Å². The van der Waals surface area contributed by atoms with Gasteiger partial charge in [0.25, 0.3) is 0 Å². The van der Waals surface area contributed by atoms with E-state index < -0.39 is 0 Å². The van der Waals surface area contributed by atoms with Gasteiger partial charge in [0, 0.05) is 43.8 Å². The fraction of sp³-hybridized carbons (Fsp3) is 0.621. The van der Waals surface area contributed by atoms with Crippen molar-refractivity contribution in [3.05, 3.63) is 41.7 Å². The van der Waals surface area contributed by atoms with Crippen molar-refractivity contribution in [2.45, 2.75) is 102 Å². The number of piperidine rings is 1. The number of aromatic nitrogens is 4. The van der Waals surface area contributed by atoms with Crippen molar-refractivity contribution in [3.63, 3.8) is 0 Å². The molecule has 3 aromatic rings. The molecule has 1 saturated heterocycles. The number of anilines is 2. The van der Waals surface area contributed by atoms with Gasteiger partial charge in [0.1, 0.15) is 0 Å². The smallest absolute Gasteiger partial charge is 0.227 e. The fourth-order valence-corrected chi connectivity index (χ4v) is 6.47. The van der Waals surface area contributed by atoms with Crippen molar-refractivity contribution in [3.8, 4) is 0 Å². The van der Waals surface area contributed by atoms with Gasteiger partial charge in [-0.05, 0) is 63.9 Å². The van der Waals surface area contributed by atoms with Crippen molar-refractivity contribution in [1.82, 2.24) is 24.4 Å². The third kappa shape index (κ3) is 5.75. The second-order valence-corrected chi connectivity index (χ2v) is 11.6. The molecule has 0 spiro atoms. The van der Waals surface area contributed by atoms with E-state index in [1.807, 2.05) is 6.33 Å². The highest BCUT2D eigenvalue weighted by atomic mass is 15.2. The summed E-state index contributed by atoms with van der Waals surface area (Å²) in [6.07, 6.45) is 13.5. The van der Waals surface area contributed by atoms with E-state index in [4.69, 9.17) is 20.7 Å². The molecule has 0 radical (unpaired) electrons. The molecule has 198 valence electrons. The summed E-state index contributed by atoms with van der Waals surface area (Å²) in [6.45, 7) is 5.36. The van der Waals surface area contributed by atoms with Gasteiger partial charge in [-0.1, -0.05) is 42.7 Å². The second kappa shape index (κ2) is 11.0. The SMILES string of the molecule is Cc1cccc(CN2CCC(Nc3nc(NC4CCC(N)CC4)c4ncn(C5CCCC5)c4n3)CC2)c1. The minimum absolute atomic E-state index is 0.332. The quantitative estimate of drug-likeness (QED) is 0.418. The molecule has 1 aromatic carbocycles. The van der Waals surface area contributed by atoms with Crippen molar-refractivity contribution in [2.24, 2.45) is 5.73 Å². The lowest BCUT2D eigenvalue weighted by molar-refractivity contribution is 0.211. The number of benzene rings is 1. The molecule has 4 N–H and O–H groups in total. The molecule has 3 heterocycles. The van der Waals surface area contributed by atoms with Crippen LogP contribution in [-0.2, 0) is 6.54 Å². The molecule has 3 fully saturated rings. The highest BCUT2D eigenvalue weighted by Gasteiger charge is 2.26. The lowest BCUT2D eigenvalue weighted by Crippen LogP contribution is -2.39. The van der Waals surface area contributed by atoms with Gasteiger partial charge in [-0.15, -0.1) is 0 Å². The molecule has 0 atom stereocenters. The monoisotopic (exact) mass is 502 g/mol. The fourth-order valence-electron chi connectivity index (χ4n) is 6.47. The average Bonchev–Trinajstić information content (AvgIpc) is 3.57. The Kier molecular flexibility index (Phi) is 7.29. The van der Waals surface area contributed by atoms with Crippen LogP contribution >= 0.6 is 0 Å². The van der Waals surface area contributed by atoms with Gasteiger partial charge in [-0.3, -0.25) is 4.90 Å². The molecular weight excluding hydrogens is 460 g/mol. The highest BCUT2D eigenvalue weighted by molar-refractivity contribution is 5.84. The van der Waals surface area contributed by atoms with E-state index in [0.29, 0.717) is 24.2 Å². The van der Waals surface area contributed by atoms with Crippen molar-refractivity contribution < 1.29 is 0 Å². The molecule has 8 heteroatoms. The number of nitrogens with zero attached hydrogens (tertiary/aromatic N) is 5. The third-order valence-corrected chi connectivity index (χ3v) is 8.66. The number of rotatable bonds is 7. The molecule has 2 aromatic heterocycles. The largest absolute Gasteiger partial charge is 0.365 e. The Bertz CT molecular complexity index is 1180. The first-order valence-electron chi connectivity index (χ1n) is 14.4. The van der Waals surface area contributed by atoms with Crippen molar-refractivity contribution in [1.29, 1.82) is 0 Å². The lowest BCUT2D eigenvalue weighted by atomic mass is 9.92. The van der Waals surface area contributed by atoms with Crippen LogP contribution in [0, 0.1) is 6.92 Å². The first-order valence-corrected chi connectivity index (χ1v) is 14.4. The van der Waals surface area contributed by atoms with Crippen LogP contribution in [0.2, 0.25) is 0 Å². The van der Waals surface area contributed by atoms with E-state index in [-0.39, 0.29) is 0 Å². The Morgan fingerprint density at radius 3 is 2.43 bits per heavy atom. The summed E-state index contributed by atoms with van der Waals surface area (Å²) in [7, 11) is 0. The highest BCUT2D eigenvalue weighted by Crippen LogP contribution is 2.34. The van der Waals surface area contributed by atoms with Gasteiger partial charge in [0.2, 0.25) is 5.95 Å². The number of hydrogen-bond donors (Lipinski definition) is 3. The third-order valence-electron chi connectivity index (χ3n) is 8.66. The number of fused-ring (bicyclic) bond motifs is 1. The van der Waals surface area contributed by atoms with E-state index in [9.17, 15) is 0 Å². The molecule has 37 heavy (non-hydrogen) atoms. The van der Waals surface area contributed by atoms with Crippen LogP contribution in [0.15, 0.2) is 30.6 Å². The van der Waals surface area contributed by atoms with Gasteiger partial charge < -0.3 is 20.9 Å². The Morgan fingerprint density at radius 2 is 1.68 bits per heavy atom. The molecule has 0 unspecified atom stereocenters. The molecule has 6 rings (SSSR count). The van der Waals surface area contributed by atoms with Gasteiger partial charge in [0.05, 0.1) is 6.33 Å². The predicted molar refractivity (Wildman–Crippen MR) is 150 cm³/mol. The first-order chi connectivity index (χ1) is 18.1. The normalized spacial score (nSPS) is 24.1. The number of nitrogens with two attached hydrogens (primary N) is 1. The van der Waals surface area contributed by atoms with Crippen LogP contribution in [0.5, 0.6) is 0 Å². The summed E-state index contributed by atoms with van der Waals surface area (Å²) >= 11 is 0. The summed E-state index contributed by atoms with van der Waals surface area (Å²) in [6, 6.07) is 10.5. The molecular formula is C29H42N8. The lowest BCUT2D eigenvalue weighted by Gasteiger charge is -2.32. The summed E-state index contributed by atoms with van der Waals surface area (Å²) in [4.78, 5) is 17.4. The molecule has 3 aliphatic rings. The number of imidazole rings is 1. The van der Waals surface area contributed by atoms with E-state index in [1.54, 1.807) is 0 Å². The minimum atomic E-state index is 0.332. The summed E-state index contributed by atoms with van der Waals surface area (Å²) < 4.78 is 2.31. The van der Waals surface area contributed by atoms with Crippen LogP contribution in [0.3, 0.4) is 0 Å². The maximum absolute atomic E-state index is 6.16. The van der Waals surface area contributed by atoms with Crippen LogP contribution in [-0.4, -0.2) is 55.6 Å². The zero-order chi connectivity index (χ0) is 25.2. The van der Waals surface area contributed by atoms with Crippen LogP contribution in [0.25, 0.3) is 11.2 Å². The molecule has 8 nitrogen and oxygen atoms in total. The topological polar surface area (TPSA) is 96.9 Å². The van der Waals surface area contributed by atoms with Crippen LogP contribution in [0.4, 0.5) is 11.8 Å². The maximum atomic E-state index is 6.16. The molecule has 2 saturated carbocycles. The second-order valence-electron chi connectivity index (χ2n) is 11.6. The average molecular weight is 503 g/mol. The number of likely N-dealkylation sites (tertiary alicyclic amines) is 1.